The molecule has 0 saturated heterocycles. The fourth-order valence-corrected chi connectivity index (χ4v) is 2.06. The van der Waals surface area contributed by atoms with Crippen molar-refractivity contribution in [1.29, 1.82) is 0 Å². The maximum Gasteiger partial charge on any atom is 0.341 e. The predicted octanol–water partition coefficient (Wildman–Crippen LogP) is 0.706. The van der Waals surface area contributed by atoms with Crippen molar-refractivity contribution in [2.75, 3.05) is 6.61 Å². The third kappa shape index (κ3) is 3.21. The van der Waals surface area contributed by atoms with Gasteiger partial charge in [0, 0.05) is 0 Å². The maximum absolute atomic E-state index is 13.0. The molecule has 0 spiro atoms. The molecule has 0 bridgehead atoms. The predicted molar refractivity (Wildman–Crippen MR) is 76.1 cm³/mol. The minimum atomic E-state index is -1.39. The largest absolute Gasteiger partial charge is 0.477 e. The van der Waals surface area contributed by atoms with Gasteiger partial charge in [0.05, 0.1) is 24.9 Å². The molecule has 1 heterocycles. The minimum absolute atomic E-state index is 0.275. The van der Waals surface area contributed by atoms with Gasteiger partial charge in [-0.3, -0.25) is 4.79 Å². The highest BCUT2D eigenvalue weighted by molar-refractivity contribution is 5.87. The van der Waals surface area contributed by atoms with Crippen LogP contribution in [0.15, 0.2) is 41.2 Å². The highest BCUT2D eigenvalue weighted by atomic mass is 19.1. The number of nitrogens with zero attached hydrogens (tertiary/aromatic N) is 1. The van der Waals surface area contributed by atoms with Gasteiger partial charge in [-0.1, -0.05) is 0 Å². The van der Waals surface area contributed by atoms with Gasteiger partial charge in [0.1, 0.15) is 11.4 Å². The molecule has 7 heteroatoms. The van der Waals surface area contributed by atoms with Crippen LogP contribution in [0.2, 0.25) is 0 Å². The van der Waals surface area contributed by atoms with Crippen LogP contribution in [-0.2, 0) is 6.54 Å². The number of pyridine rings is 1. The zero-order chi connectivity index (χ0) is 16.3. The smallest absolute Gasteiger partial charge is 0.341 e. The number of aliphatic hydroxyl groups excluding tert-OH is 2. The van der Waals surface area contributed by atoms with E-state index in [0.717, 1.165) is 10.6 Å². The molecule has 0 saturated carbocycles. The summed E-state index contributed by atoms with van der Waals surface area (Å²) in [5.74, 6) is -1.84. The van der Waals surface area contributed by atoms with E-state index >= 15 is 0 Å². The number of halogens is 1. The van der Waals surface area contributed by atoms with E-state index in [4.69, 9.17) is 10.2 Å². The number of aliphatic hydroxyl groups is 2. The minimum Gasteiger partial charge on any atom is -0.477 e. The maximum atomic E-state index is 13.0. The molecule has 1 aromatic carbocycles. The van der Waals surface area contributed by atoms with Gasteiger partial charge in [-0.05, 0) is 42.0 Å². The summed E-state index contributed by atoms with van der Waals surface area (Å²) in [6.45, 7) is -0.851. The lowest BCUT2D eigenvalue weighted by atomic mass is 10.1. The summed E-state index contributed by atoms with van der Waals surface area (Å²) in [4.78, 5) is 23.3. The first-order chi connectivity index (χ1) is 10.4. The molecular weight excluding hydrogens is 293 g/mol. The van der Waals surface area contributed by atoms with Gasteiger partial charge in [-0.15, -0.1) is 0 Å². The molecule has 2 rings (SSSR count). The van der Waals surface area contributed by atoms with Crippen molar-refractivity contribution in [3.05, 3.63) is 58.1 Å². The molecule has 2 aromatic rings. The van der Waals surface area contributed by atoms with Crippen LogP contribution in [0.5, 0.6) is 0 Å². The molecule has 0 fully saturated rings. The lowest BCUT2D eigenvalue weighted by Crippen LogP contribution is -2.32. The Morgan fingerprint density at radius 2 is 1.82 bits per heavy atom. The molecule has 1 aromatic heterocycles. The van der Waals surface area contributed by atoms with E-state index < -0.39 is 35.6 Å². The van der Waals surface area contributed by atoms with Gasteiger partial charge in [0.2, 0.25) is 0 Å². The second-order valence-corrected chi connectivity index (χ2v) is 4.70. The van der Waals surface area contributed by atoms with E-state index in [1.165, 1.54) is 30.3 Å². The molecule has 0 amide bonds. The number of hydrogen-bond donors (Lipinski definition) is 3. The normalized spacial score (nSPS) is 12.1. The number of hydrogen-bond acceptors (Lipinski definition) is 4. The summed E-state index contributed by atoms with van der Waals surface area (Å²) in [6.07, 6.45) is -1.22. The summed E-state index contributed by atoms with van der Waals surface area (Å²) in [5, 5.41) is 27.5. The van der Waals surface area contributed by atoms with Crippen molar-refractivity contribution in [2.45, 2.75) is 12.6 Å². The highest BCUT2D eigenvalue weighted by Crippen LogP contribution is 2.19. The van der Waals surface area contributed by atoms with Crippen LogP contribution in [0.25, 0.3) is 11.3 Å². The first-order valence-corrected chi connectivity index (χ1v) is 6.46. The fourth-order valence-electron chi connectivity index (χ4n) is 2.06. The zero-order valence-corrected chi connectivity index (χ0v) is 11.4. The van der Waals surface area contributed by atoms with E-state index in [0.29, 0.717) is 11.3 Å². The Bertz CT molecular complexity index is 739. The summed E-state index contributed by atoms with van der Waals surface area (Å²) in [7, 11) is 0. The molecule has 1 atom stereocenters. The Morgan fingerprint density at radius 3 is 2.36 bits per heavy atom. The molecule has 0 aliphatic heterocycles. The van der Waals surface area contributed by atoms with Crippen LogP contribution in [0, 0.1) is 5.82 Å². The number of carboxylic acids is 1. The van der Waals surface area contributed by atoms with Crippen LogP contribution >= 0.6 is 0 Å². The Balaban J connectivity index is 2.62. The van der Waals surface area contributed by atoms with E-state index in [9.17, 15) is 19.1 Å². The average Bonchev–Trinajstić information content (AvgIpc) is 2.49. The van der Waals surface area contributed by atoms with E-state index in [-0.39, 0.29) is 6.54 Å². The van der Waals surface area contributed by atoms with Gasteiger partial charge in [0.15, 0.2) is 0 Å². The third-order valence-corrected chi connectivity index (χ3v) is 3.15. The number of carboxylic acid groups (broad SMARTS) is 1. The van der Waals surface area contributed by atoms with Crippen molar-refractivity contribution < 1.29 is 24.5 Å². The van der Waals surface area contributed by atoms with E-state index in [1.807, 2.05) is 0 Å². The monoisotopic (exact) mass is 307 g/mol. The van der Waals surface area contributed by atoms with Gasteiger partial charge >= 0.3 is 5.97 Å². The van der Waals surface area contributed by atoms with E-state index in [2.05, 4.69) is 0 Å². The molecule has 3 N–H and O–H groups in total. The summed E-state index contributed by atoms with van der Waals surface area (Å²) in [5.41, 5.74) is -0.444. The van der Waals surface area contributed by atoms with Crippen LogP contribution in [0.3, 0.4) is 0 Å². The van der Waals surface area contributed by atoms with Gasteiger partial charge in [-0.25, -0.2) is 9.18 Å². The molecule has 1 unspecified atom stereocenters. The summed E-state index contributed by atoms with van der Waals surface area (Å²) < 4.78 is 14.1. The first-order valence-electron chi connectivity index (χ1n) is 6.46. The second kappa shape index (κ2) is 6.50. The lowest BCUT2D eigenvalue weighted by Gasteiger charge is -2.16. The van der Waals surface area contributed by atoms with Crippen LogP contribution < -0.4 is 5.56 Å². The second-order valence-electron chi connectivity index (χ2n) is 4.70. The van der Waals surface area contributed by atoms with Gasteiger partial charge in [-0.2, -0.15) is 0 Å². The van der Waals surface area contributed by atoms with Crippen molar-refractivity contribution in [2.24, 2.45) is 0 Å². The summed E-state index contributed by atoms with van der Waals surface area (Å²) in [6, 6.07) is 7.85. The molecule has 0 radical (unpaired) electrons. The number of aromatic nitrogens is 1. The Kier molecular flexibility index (Phi) is 4.69. The standard InChI is InChI=1S/C15H14FNO5/c16-10-3-1-9(2-4-10)13-6-5-12(15(21)22)14(20)17(13)7-11(19)8-18/h1-6,11,18-19H,7-8H2,(H,21,22). The van der Waals surface area contributed by atoms with Crippen molar-refractivity contribution in [1.82, 2.24) is 4.57 Å². The van der Waals surface area contributed by atoms with Crippen molar-refractivity contribution in [3.63, 3.8) is 0 Å². The fraction of sp³-hybridized carbons (Fsp3) is 0.200. The molecule has 22 heavy (non-hydrogen) atoms. The zero-order valence-electron chi connectivity index (χ0n) is 11.4. The number of rotatable bonds is 5. The van der Waals surface area contributed by atoms with Crippen molar-refractivity contribution in [3.8, 4) is 11.3 Å². The first kappa shape index (κ1) is 15.9. The molecule has 6 nitrogen and oxygen atoms in total. The van der Waals surface area contributed by atoms with E-state index in [1.54, 1.807) is 0 Å². The average molecular weight is 307 g/mol. The number of carbonyl (C=O) groups is 1. The SMILES string of the molecule is O=C(O)c1ccc(-c2ccc(F)cc2)n(CC(O)CO)c1=O. The quantitative estimate of drug-likeness (QED) is 0.755. The third-order valence-electron chi connectivity index (χ3n) is 3.15. The van der Waals surface area contributed by atoms with Gasteiger partial charge < -0.3 is 19.9 Å². The molecule has 0 aliphatic carbocycles. The van der Waals surface area contributed by atoms with Crippen LogP contribution in [0.4, 0.5) is 4.39 Å². The van der Waals surface area contributed by atoms with Crippen LogP contribution in [-0.4, -0.2) is 38.6 Å². The number of benzene rings is 1. The Morgan fingerprint density at radius 1 is 1.18 bits per heavy atom. The lowest BCUT2D eigenvalue weighted by molar-refractivity contribution is 0.0688. The number of aromatic carboxylic acids is 1. The highest BCUT2D eigenvalue weighted by Gasteiger charge is 2.17. The Hall–Kier alpha value is -2.51. The summed E-state index contributed by atoms with van der Waals surface area (Å²) >= 11 is 0. The molecule has 0 aliphatic rings. The molecule has 116 valence electrons. The van der Waals surface area contributed by atoms with Crippen molar-refractivity contribution >= 4 is 5.97 Å². The topological polar surface area (TPSA) is 99.8 Å². The Labute approximate surface area is 124 Å². The molecular formula is C15H14FNO5. The van der Waals surface area contributed by atoms with Gasteiger partial charge in [0.25, 0.3) is 5.56 Å². The van der Waals surface area contributed by atoms with Crippen LogP contribution in [0.1, 0.15) is 10.4 Å².